The van der Waals surface area contributed by atoms with Gasteiger partial charge in [-0.15, -0.1) is 0 Å². The fourth-order valence-corrected chi connectivity index (χ4v) is 6.62. The SMILES string of the molecule is c1ccc(-c2nc3cccc(-c4ccc(N(c5ccccc5)c5ccc6ccc(-c7ccc8ccccc8c7)cc6c5)cc4)c3o2)cc1. The first-order valence-electron chi connectivity index (χ1n) is 16.2. The molecular formula is C45H30N2O. The third kappa shape index (κ3) is 5.08. The van der Waals surface area contributed by atoms with E-state index in [2.05, 4.69) is 144 Å². The molecule has 0 N–H and O–H groups in total. The van der Waals surface area contributed by atoms with Gasteiger partial charge in [-0.25, -0.2) is 4.98 Å². The summed E-state index contributed by atoms with van der Waals surface area (Å²) in [6.07, 6.45) is 0. The summed E-state index contributed by atoms with van der Waals surface area (Å²) in [5, 5.41) is 4.91. The number of nitrogens with zero attached hydrogens (tertiary/aromatic N) is 2. The molecule has 3 nitrogen and oxygen atoms in total. The molecule has 0 radical (unpaired) electrons. The molecule has 0 aliphatic carbocycles. The largest absolute Gasteiger partial charge is 0.435 e. The zero-order chi connectivity index (χ0) is 31.9. The number of rotatable bonds is 6. The van der Waals surface area contributed by atoms with Crippen molar-refractivity contribution in [1.82, 2.24) is 4.98 Å². The molecule has 0 saturated carbocycles. The maximum atomic E-state index is 6.34. The Morgan fingerprint density at radius 3 is 1.73 bits per heavy atom. The van der Waals surface area contributed by atoms with Gasteiger partial charge in [0.25, 0.3) is 0 Å². The molecule has 48 heavy (non-hydrogen) atoms. The van der Waals surface area contributed by atoms with E-state index in [1.54, 1.807) is 0 Å². The molecule has 0 unspecified atom stereocenters. The highest BCUT2D eigenvalue weighted by Crippen LogP contribution is 2.39. The highest BCUT2D eigenvalue weighted by Gasteiger charge is 2.16. The average Bonchev–Trinajstić information content (AvgIpc) is 3.61. The lowest BCUT2D eigenvalue weighted by atomic mass is 9.98. The molecule has 1 heterocycles. The number of aromatic nitrogens is 1. The Morgan fingerprint density at radius 1 is 0.375 bits per heavy atom. The van der Waals surface area contributed by atoms with Crippen LogP contribution in [-0.2, 0) is 0 Å². The number of hydrogen-bond acceptors (Lipinski definition) is 3. The van der Waals surface area contributed by atoms with Crippen LogP contribution >= 0.6 is 0 Å². The van der Waals surface area contributed by atoms with E-state index in [0.717, 1.165) is 44.9 Å². The summed E-state index contributed by atoms with van der Waals surface area (Å²) in [5.74, 6) is 0.630. The molecule has 0 atom stereocenters. The van der Waals surface area contributed by atoms with E-state index in [0.29, 0.717) is 5.89 Å². The van der Waals surface area contributed by atoms with Crippen LogP contribution in [0.1, 0.15) is 0 Å². The van der Waals surface area contributed by atoms with Crippen molar-refractivity contribution in [2.75, 3.05) is 4.90 Å². The molecule has 0 bridgehead atoms. The number of fused-ring (bicyclic) bond motifs is 3. The lowest BCUT2D eigenvalue weighted by Crippen LogP contribution is -2.09. The Balaban J connectivity index is 1.10. The van der Waals surface area contributed by atoms with Crippen LogP contribution in [0.25, 0.3) is 66.4 Å². The van der Waals surface area contributed by atoms with Gasteiger partial charge in [0, 0.05) is 28.2 Å². The number of oxazole rings is 1. The van der Waals surface area contributed by atoms with E-state index >= 15 is 0 Å². The molecule has 9 aromatic rings. The second-order valence-electron chi connectivity index (χ2n) is 12.1. The zero-order valence-electron chi connectivity index (χ0n) is 26.1. The monoisotopic (exact) mass is 614 g/mol. The molecule has 0 saturated heterocycles. The fourth-order valence-electron chi connectivity index (χ4n) is 6.62. The van der Waals surface area contributed by atoms with Crippen LogP contribution in [0.5, 0.6) is 0 Å². The Kier molecular flexibility index (Phi) is 6.80. The number of anilines is 3. The van der Waals surface area contributed by atoms with Crippen molar-refractivity contribution >= 4 is 49.7 Å². The molecule has 0 spiro atoms. The number of para-hydroxylation sites is 2. The second kappa shape index (κ2) is 11.7. The third-order valence-corrected chi connectivity index (χ3v) is 9.05. The van der Waals surface area contributed by atoms with Gasteiger partial charge in [-0.05, 0) is 105 Å². The smallest absolute Gasteiger partial charge is 0.227 e. The van der Waals surface area contributed by atoms with Gasteiger partial charge in [-0.2, -0.15) is 0 Å². The Morgan fingerprint density at radius 2 is 0.958 bits per heavy atom. The third-order valence-electron chi connectivity index (χ3n) is 9.05. The molecular weight excluding hydrogens is 585 g/mol. The molecule has 9 rings (SSSR count). The van der Waals surface area contributed by atoms with Gasteiger partial charge in [0.1, 0.15) is 5.52 Å². The lowest BCUT2D eigenvalue weighted by molar-refractivity contribution is 0.621. The van der Waals surface area contributed by atoms with Crippen LogP contribution in [-0.4, -0.2) is 4.98 Å². The van der Waals surface area contributed by atoms with Crippen molar-refractivity contribution in [2.45, 2.75) is 0 Å². The van der Waals surface area contributed by atoms with Crippen molar-refractivity contribution < 1.29 is 4.42 Å². The first kappa shape index (κ1) is 27.8. The van der Waals surface area contributed by atoms with Crippen molar-refractivity contribution in [3.63, 3.8) is 0 Å². The number of hydrogen-bond donors (Lipinski definition) is 0. The van der Waals surface area contributed by atoms with Crippen LogP contribution in [0, 0.1) is 0 Å². The summed E-state index contributed by atoms with van der Waals surface area (Å²) in [4.78, 5) is 7.10. The van der Waals surface area contributed by atoms with Gasteiger partial charge in [0.15, 0.2) is 5.58 Å². The summed E-state index contributed by atoms with van der Waals surface area (Å²) in [6.45, 7) is 0. The van der Waals surface area contributed by atoms with Gasteiger partial charge >= 0.3 is 0 Å². The first-order chi connectivity index (χ1) is 23.8. The van der Waals surface area contributed by atoms with Crippen LogP contribution < -0.4 is 4.90 Å². The van der Waals surface area contributed by atoms with Gasteiger partial charge in [-0.1, -0.05) is 115 Å². The highest BCUT2D eigenvalue weighted by molar-refractivity contribution is 5.95. The number of benzene rings is 8. The summed E-state index contributed by atoms with van der Waals surface area (Å²) in [7, 11) is 0. The molecule has 0 aliphatic heterocycles. The van der Waals surface area contributed by atoms with Crippen molar-refractivity contribution in [1.29, 1.82) is 0 Å². The Hall–Kier alpha value is -6.45. The minimum Gasteiger partial charge on any atom is -0.435 e. The lowest BCUT2D eigenvalue weighted by Gasteiger charge is -2.26. The molecule has 226 valence electrons. The molecule has 1 aromatic heterocycles. The first-order valence-corrected chi connectivity index (χ1v) is 16.2. The van der Waals surface area contributed by atoms with E-state index in [1.165, 1.54) is 32.7 Å². The summed E-state index contributed by atoms with van der Waals surface area (Å²) in [5.41, 5.74) is 10.4. The van der Waals surface area contributed by atoms with Gasteiger partial charge < -0.3 is 9.32 Å². The standard InChI is InChI=1S/C45H30N2O/c1-3-11-34(12-4-1)45-46-43-17-9-16-42(44(43)48-45)33-23-25-40(26-24-33)47(39-14-5-2-6-15-39)41-27-22-32-19-21-37(29-38(32)30-41)36-20-18-31-10-7-8-13-35(31)28-36/h1-30H. The minimum atomic E-state index is 0.630. The maximum absolute atomic E-state index is 6.34. The Labute approximate surface area is 279 Å². The molecule has 8 aromatic carbocycles. The van der Waals surface area contributed by atoms with Gasteiger partial charge in [0.2, 0.25) is 5.89 Å². The predicted octanol–water partition coefficient (Wildman–Crippen LogP) is 12.6. The van der Waals surface area contributed by atoms with Gasteiger partial charge in [0.05, 0.1) is 0 Å². The van der Waals surface area contributed by atoms with Gasteiger partial charge in [-0.3, -0.25) is 0 Å². The maximum Gasteiger partial charge on any atom is 0.227 e. The van der Waals surface area contributed by atoms with E-state index in [9.17, 15) is 0 Å². The van der Waals surface area contributed by atoms with Crippen LogP contribution in [0.4, 0.5) is 17.1 Å². The molecule has 0 aliphatic rings. The van der Waals surface area contributed by atoms with Crippen molar-refractivity contribution in [3.8, 4) is 33.7 Å². The fraction of sp³-hybridized carbons (Fsp3) is 0. The zero-order valence-corrected chi connectivity index (χ0v) is 26.1. The molecule has 0 amide bonds. The quantitative estimate of drug-likeness (QED) is 0.187. The van der Waals surface area contributed by atoms with Crippen LogP contribution in [0.2, 0.25) is 0 Å². The predicted molar refractivity (Wildman–Crippen MR) is 200 cm³/mol. The average molecular weight is 615 g/mol. The normalized spacial score (nSPS) is 11.3. The van der Waals surface area contributed by atoms with Crippen molar-refractivity contribution in [3.05, 3.63) is 182 Å². The van der Waals surface area contributed by atoms with E-state index in [-0.39, 0.29) is 0 Å². The summed E-state index contributed by atoms with van der Waals surface area (Å²) < 4.78 is 6.34. The van der Waals surface area contributed by atoms with Crippen molar-refractivity contribution in [2.24, 2.45) is 0 Å². The van der Waals surface area contributed by atoms with Crippen LogP contribution in [0.15, 0.2) is 186 Å². The summed E-state index contributed by atoms with van der Waals surface area (Å²) in [6, 6.07) is 64.1. The van der Waals surface area contributed by atoms with E-state index < -0.39 is 0 Å². The minimum absolute atomic E-state index is 0.630. The Bertz CT molecular complexity index is 2550. The topological polar surface area (TPSA) is 29.3 Å². The highest BCUT2D eigenvalue weighted by atomic mass is 16.3. The second-order valence-corrected chi connectivity index (χ2v) is 12.1. The molecule has 3 heteroatoms. The van der Waals surface area contributed by atoms with Crippen LogP contribution in [0.3, 0.4) is 0 Å². The summed E-state index contributed by atoms with van der Waals surface area (Å²) >= 11 is 0. The van der Waals surface area contributed by atoms with E-state index in [4.69, 9.17) is 9.40 Å². The molecule has 0 fully saturated rings. The van der Waals surface area contributed by atoms with E-state index in [1.807, 2.05) is 42.5 Å².